The minimum Gasteiger partial charge on any atom is -0.408 e. The summed E-state index contributed by atoms with van der Waals surface area (Å²) in [7, 11) is 0. The highest BCUT2D eigenvalue weighted by atomic mass is 35.5. The van der Waals surface area contributed by atoms with Gasteiger partial charge in [0.05, 0.1) is 5.52 Å². The van der Waals surface area contributed by atoms with Crippen molar-refractivity contribution in [1.29, 1.82) is 0 Å². The van der Waals surface area contributed by atoms with Crippen molar-refractivity contribution in [2.45, 2.75) is 16.8 Å². The first-order valence-corrected chi connectivity index (χ1v) is 6.60. The maximum atomic E-state index is 11.2. The lowest BCUT2D eigenvalue weighted by Gasteiger charge is -2.02. The van der Waals surface area contributed by atoms with Gasteiger partial charge < -0.3 is 4.42 Å². The Morgan fingerprint density at radius 3 is 2.95 bits per heavy atom. The molecule has 19 heavy (non-hydrogen) atoms. The number of aromatic amines is 1. The van der Waals surface area contributed by atoms with E-state index in [-0.39, 0.29) is 0 Å². The van der Waals surface area contributed by atoms with Gasteiger partial charge in [-0.1, -0.05) is 23.4 Å². The average Bonchev–Trinajstić information content (AvgIpc) is 2.70. The minimum atomic E-state index is -0.453. The van der Waals surface area contributed by atoms with Crippen LogP contribution < -0.4 is 5.76 Å². The molecule has 5 nitrogen and oxygen atoms in total. The summed E-state index contributed by atoms with van der Waals surface area (Å²) in [6, 6.07) is 5.43. The van der Waals surface area contributed by atoms with Crippen LogP contribution >= 0.6 is 23.4 Å². The molecule has 0 unspecified atom stereocenters. The molecule has 0 aliphatic carbocycles. The van der Waals surface area contributed by atoms with Gasteiger partial charge in [0.15, 0.2) is 5.58 Å². The predicted molar refractivity (Wildman–Crippen MR) is 72.7 cm³/mol. The van der Waals surface area contributed by atoms with Gasteiger partial charge in [-0.25, -0.2) is 14.8 Å². The first-order chi connectivity index (χ1) is 9.11. The number of hydrogen-bond acceptors (Lipinski definition) is 5. The Kier molecular flexibility index (Phi) is 3.04. The molecule has 0 bridgehead atoms. The number of nitrogens with one attached hydrogen (secondary N) is 1. The van der Waals surface area contributed by atoms with E-state index in [4.69, 9.17) is 16.0 Å². The molecule has 0 amide bonds. The highest BCUT2D eigenvalue weighted by molar-refractivity contribution is 7.99. The van der Waals surface area contributed by atoms with Crippen molar-refractivity contribution < 1.29 is 4.42 Å². The van der Waals surface area contributed by atoms with Gasteiger partial charge in [0, 0.05) is 11.0 Å². The molecule has 3 aromatic rings. The largest absolute Gasteiger partial charge is 0.417 e. The fourth-order valence-corrected chi connectivity index (χ4v) is 2.87. The first-order valence-electron chi connectivity index (χ1n) is 5.41. The Balaban J connectivity index is 2.03. The van der Waals surface area contributed by atoms with Crippen molar-refractivity contribution in [3.05, 3.63) is 45.8 Å². The van der Waals surface area contributed by atoms with E-state index in [1.807, 2.05) is 13.0 Å². The zero-order valence-electron chi connectivity index (χ0n) is 9.81. The van der Waals surface area contributed by atoms with Crippen LogP contribution in [0.3, 0.4) is 0 Å². The molecule has 2 heterocycles. The van der Waals surface area contributed by atoms with Crippen molar-refractivity contribution in [3.63, 3.8) is 0 Å². The highest BCUT2D eigenvalue weighted by Gasteiger charge is 2.08. The van der Waals surface area contributed by atoms with Gasteiger partial charge >= 0.3 is 5.76 Å². The summed E-state index contributed by atoms with van der Waals surface area (Å²) < 4.78 is 5.07. The number of halogens is 1. The number of rotatable bonds is 2. The average molecular weight is 294 g/mol. The Bertz CT molecular complexity index is 812. The van der Waals surface area contributed by atoms with Crippen LogP contribution in [-0.2, 0) is 0 Å². The van der Waals surface area contributed by atoms with E-state index in [2.05, 4.69) is 15.0 Å². The Hall–Kier alpha value is -1.79. The number of aryl methyl sites for hydroxylation is 1. The van der Waals surface area contributed by atoms with E-state index in [0.29, 0.717) is 10.7 Å². The fraction of sp³-hybridized carbons (Fsp3) is 0.0833. The van der Waals surface area contributed by atoms with E-state index < -0.39 is 5.76 Å². The molecular formula is C12H8ClN3O2S. The van der Waals surface area contributed by atoms with Gasteiger partial charge in [0.1, 0.15) is 16.5 Å². The molecule has 0 atom stereocenters. The molecule has 96 valence electrons. The molecule has 1 aromatic carbocycles. The van der Waals surface area contributed by atoms with E-state index in [1.165, 1.54) is 18.1 Å². The predicted octanol–water partition coefficient (Wildman–Crippen LogP) is 3.02. The van der Waals surface area contributed by atoms with Crippen molar-refractivity contribution in [3.8, 4) is 0 Å². The van der Waals surface area contributed by atoms with Gasteiger partial charge in [-0.3, -0.25) is 4.98 Å². The number of H-pyrrole nitrogens is 1. The number of oxazole rings is 1. The second-order valence-electron chi connectivity index (χ2n) is 3.91. The standard InChI is InChI=1S/C12H8ClN3O2S/c1-6-2-7(3-8-11(6)16-12(17)18-8)19-10-4-9(13)14-5-15-10/h2-5H,1H3,(H,16,17). The molecule has 2 aromatic heterocycles. The zero-order valence-corrected chi connectivity index (χ0v) is 11.4. The maximum Gasteiger partial charge on any atom is 0.417 e. The second kappa shape index (κ2) is 4.71. The van der Waals surface area contributed by atoms with Crippen molar-refractivity contribution in [1.82, 2.24) is 15.0 Å². The van der Waals surface area contributed by atoms with Crippen LogP contribution in [0.5, 0.6) is 0 Å². The molecule has 0 aliphatic heterocycles. The summed E-state index contributed by atoms with van der Waals surface area (Å²) in [4.78, 5) is 22.7. The number of hydrogen-bond donors (Lipinski definition) is 1. The number of fused-ring (bicyclic) bond motifs is 1. The normalized spacial score (nSPS) is 11.1. The summed E-state index contributed by atoms with van der Waals surface area (Å²) >= 11 is 7.24. The van der Waals surface area contributed by atoms with E-state index in [9.17, 15) is 4.79 Å². The van der Waals surface area contributed by atoms with Gasteiger partial charge in [-0.15, -0.1) is 0 Å². The molecule has 0 radical (unpaired) electrons. The topological polar surface area (TPSA) is 71.8 Å². The first kappa shape index (κ1) is 12.3. The minimum absolute atomic E-state index is 0.392. The molecule has 7 heteroatoms. The molecule has 0 aliphatic rings. The van der Waals surface area contributed by atoms with Crippen LogP contribution in [-0.4, -0.2) is 15.0 Å². The van der Waals surface area contributed by atoms with Crippen molar-refractivity contribution in [2.75, 3.05) is 0 Å². The Morgan fingerprint density at radius 1 is 1.32 bits per heavy atom. The third-order valence-corrected chi connectivity index (χ3v) is 3.64. The second-order valence-corrected chi connectivity index (χ2v) is 5.39. The molecule has 3 rings (SSSR count). The lowest BCUT2D eigenvalue weighted by atomic mass is 10.2. The van der Waals surface area contributed by atoms with Crippen molar-refractivity contribution in [2.24, 2.45) is 0 Å². The fourth-order valence-electron chi connectivity index (χ4n) is 1.74. The van der Waals surface area contributed by atoms with E-state index in [1.54, 1.807) is 12.1 Å². The third kappa shape index (κ3) is 2.50. The summed E-state index contributed by atoms with van der Waals surface area (Å²) in [6.07, 6.45) is 1.41. The van der Waals surface area contributed by atoms with Crippen molar-refractivity contribution >= 4 is 34.5 Å². The van der Waals surface area contributed by atoms with Gasteiger partial charge in [0.25, 0.3) is 0 Å². The van der Waals surface area contributed by atoms with Gasteiger partial charge in [0.2, 0.25) is 0 Å². The monoisotopic (exact) mass is 293 g/mol. The van der Waals surface area contributed by atoms with Crippen LogP contribution in [0.1, 0.15) is 5.56 Å². The van der Waals surface area contributed by atoms with Crippen LogP contribution in [0.4, 0.5) is 0 Å². The highest BCUT2D eigenvalue weighted by Crippen LogP contribution is 2.30. The summed E-state index contributed by atoms with van der Waals surface area (Å²) in [5, 5.41) is 1.13. The van der Waals surface area contributed by atoms with Crippen LogP contribution in [0.25, 0.3) is 11.1 Å². The summed E-state index contributed by atoms with van der Waals surface area (Å²) in [5.41, 5.74) is 2.19. The van der Waals surface area contributed by atoms with Gasteiger partial charge in [-0.2, -0.15) is 0 Å². The molecule has 0 saturated heterocycles. The molecule has 0 spiro atoms. The smallest absolute Gasteiger partial charge is 0.408 e. The SMILES string of the molecule is Cc1cc(Sc2cc(Cl)ncn2)cc2oc(=O)[nH]c12. The third-order valence-electron chi connectivity index (χ3n) is 2.53. The lowest BCUT2D eigenvalue weighted by molar-refractivity contribution is 0.555. The van der Waals surface area contributed by atoms with E-state index in [0.717, 1.165) is 21.0 Å². The maximum absolute atomic E-state index is 11.2. The zero-order chi connectivity index (χ0) is 13.4. The molecule has 0 saturated carbocycles. The number of benzene rings is 1. The van der Waals surface area contributed by atoms with Crippen LogP contribution in [0, 0.1) is 6.92 Å². The van der Waals surface area contributed by atoms with Gasteiger partial charge in [-0.05, 0) is 24.6 Å². The Labute approximate surface area is 117 Å². The van der Waals surface area contributed by atoms with Crippen LogP contribution in [0.15, 0.2) is 43.7 Å². The number of aromatic nitrogens is 3. The number of nitrogens with zero attached hydrogens (tertiary/aromatic N) is 2. The molecule has 0 fully saturated rings. The Morgan fingerprint density at radius 2 is 2.16 bits per heavy atom. The molecular weight excluding hydrogens is 286 g/mol. The quantitative estimate of drug-likeness (QED) is 0.735. The van der Waals surface area contributed by atoms with Crippen LogP contribution in [0.2, 0.25) is 5.15 Å². The summed E-state index contributed by atoms with van der Waals surface area (Å²) in [6.45, 7) is 1.91. The lowest BCUT2D eigenvalue weighted by Crippen LogP contribution is -1.93. The van der Waals surface area contributed by atoms with E-state index >= 15 is 0 Å². The molecule has 1 N–H and O–H groups in total. The summed E-state index contributed by atoms with van der Waals surface area (Å²) in [5.74, 6) is -0.453.